The van der Waals surface area contributed by atoms with Gasteiger partial charge in [-0.25, -0.2) is 4.39 Å². The molecule has 0 aliphatic heterocycles. The summed E-state index contributed by atoms with van der Waals surface area (Å²) in [5.41, 5.74) is 0.0497. The Balaban J connectivity index is 3.04. The Morgan fingerprint density at radius 1 is 1.19 bits per heavy atom. The van der Waals surface area contributed by atoms with E-state index in [1.807, 2.05) is 27.7 Å². The molecule has 0 aliphatic carbocycles. The monoisotopic (exact) mass is 403 g/mol. The molecule has 0 heterocycles. The lowest BCUT2D eigenvalue weighted by Crippen LogP contribution is -2.27. The van der Waals surface area contributed by atoms with Crippen LogP contribution < -0.4 is 5.32 Å². The van der Waals surface area contributed by atoms with E-state index in [2.05, 4.69) is 5.32 Å². The lowest BCUT2D eigenvalue weighted by atomic mass is 10.1. The molecule has 1 aromatic rings. The van der Waals surface area contributed by atoms with Gasteiger partial charge in [0.2, 0.25) is 5.91 Å². The van der Waals surface area contributed by atoms with Gasteiger partial charge in [-0.2, -0.15) is 0 Å². The minimum Gasteiger partial charge on any atom is -0.465 e. The number of nitrogens with one attached hydrogen (secondary N) is 1. The maximum absolute atomic E-state index is 14.1. The Labute approximate surface area is 164 Å². The number of ether oxygens (including phenoxy) is 1. The first-order chi connectivity index (χ1) is 12.0. The quantitative estimate of drug-likeness (QED) is 0.467. The number of halogens is 2. The molecular weight excluding hydrogens is 377 g/mol. The first-order valence-corrected chi connectivity index (χ1v) is 9.91. The third-order valence-electron chi connectivity index (χ3n) is 3.45. The first-order valence-electron chi connectivity index (χ1n) is 8.66. The van der Waals surface area contributed by atoms with Crippen molar-refractivity contribution in [2.75, 3.05) is 11.9 Å². The van der Waals surface area contributed by atoms with Crippen LogP contribution >= 0.6 is 23.4 Å². The Morgan fingerprint density at radius 2 is 1.81 bits per heavy atom. The van der Waals surface area contributed by atoms with Crippen LogP contribution in [0.15, 0.2) is 17.0 Å². The van der Waals surface area contributed by atoms with Crippen LogP contribution in [0.2, 0.25) is 5.02 Å². The molecule has 1 atom stereocenters. The van der Waals surface area contributed by atoms with E-state index in [0.29, 0.717) is 11.5 Å². The van der Waals surface area contributed by atoms with Gasteiger partial charge in [-0.05, 0) is 24.0 Å². The number of carbonyl (C=O) groups is 2. The van der Waals surface area contributed by atoms with E-state index in [9.17, 15) is 14.0 Å². The molecule has 1 amide bonds. The molecule has 0 radical (unpaired) electrons. The molecule has 0 saturated heterocycles. The summed E-state index contributed by atoms with van der Waals surface area (Å²) in [4.78, 5) is 24.8. The number of thioether (sulfide) groups is 1. The highest BCUT2D eigenvalue weighted by molar-refractivity contribution is 8.00. The molecular formula is C19H27ClFNO3S. The van der Waals surface area contributed by atoms with Crippen LogP contribution in [-0.4, -0.2) is 23.7 Å². The number of esters is 1. The van der Waals surface area contributed by atoms with Crippen LogP contribution in [-0.2, 0) is 14.3 Å². The molecule has 26 heavy (non-hydrogen) atoms. The van der Waals surface area contributed by atoms with Crippen molar-refractivity contribution in [1.82, 2.24) is 0 Å². The van der Waals surface area contributed by atoms with Crippen molar-refractivity contribution in [1.29, 1.82) is 0 Å². The number of carbonyl (C=O) groups excluding carboxylic acids is 2. The van der Waals surface area contributed by atoms with Crippen LogP contribution in [0.4, 0.5) is 10.1 Å². The van der Waals surface area contributed by atoms with Gasteiger partial charge in [0.05, 0.1) is 17.3 Å². The molecule has 4 nitrogen and oxygen atoms in total. The minimum absolute atomic E-state index is 0.00510. The molecule has 0 aromatic heterocycles. The topological polar surface area (TPSA) is 55.4 Å². The molecule has 1 N–H and O–H groups in total. The van der Waals surface area contributed by atoms with Crippen molar-refractivity contribution in [3.8, 4) is 0 Å². The predicted octanol–water partition coefficient (Wildman–Crippen LogP) is 5.39. The summed E-state index contributed by atoms with van der Waals surface area (Å²) in [7, 11) is 0. The molecule has 0 bridgehead atoms. The maximum Gasteiger partial charge on any atom is 0.319 e. The zero-order chi connectivity index (χ0) is 20.0. The number of anilines is 1. The minimum atomic E-state index is -0.614. The summed E-state index contributed by atoms with van der Waals surface area (Å²) in [6.45, 7) is 11.5. The van der Waals surface area contributed by atoms with Crippen LogP contribution in [0.1, 0.15) is 41.5 Å². The summed E-state index contributed by atoms with van der Waals surface area (Å²) in [5.74, 6) is -1.28. The van der Waals surface area contributed by atoms with E-state index in [1.54, 1.807) is 13.8 Å². The number of amides is 1. The molecule has 7 heteroatoms. The lowest BCUT2D eigenvalue weighted by Gasteiger charge is -2.21. The van der Waals surface area contributed by atoms with E-state index < -0.39 is 11.1 Å². The van der Waals surface area contributed by atoms with E-state index in [-0.39, 0.29) is 40.3 Å². The highest BCUT2D eigenvalue weighted by atomic mass is 35.5. The van der Waals surface area contributed by atoms with Crippen molar-refractivity contribution in [2.45, 2.75) is 51.7 Å². The smallest absolute Gasteiger partial charge is 0.319 e. The fourth-order valence-corrected chi connectivity index (χ4v) is 3.27. The number of hydrogen-bond acceptors (Lipinski definition) is 4. The van der Waals surface area contributed by atoms with Gasteiger partial charge in [0.15, 0.2) is 0 Å². The van der Waals surface area contributed by atoms with Crippen molar-refractivity contribution in [3.63, 3.8) is 0 Å². The van der Waals surface area contributed by atoms with E-state index in [0.717, 1.165) is 6.07 Å². The van der Waals surface area contributed by atoms with Gasteiger partial charge in [0, 0.05) is 10.8 Å². The standard InChI is InChI=1S/C19H27ClFNO3S/c1-10(2)9-25-19(24)17(11(3)4)26-16-8-15(14(21)7-13(16)20)22-18(23)12(5)6/h7-8,10-12,17H,9H2,1-6H3,(H,22,23). The van der Waals surface area contributed by atoms with Gasteiger partial charge < -0.3 is 10.1 Å². The summed E-state index contributed by atoms with van der Waals surface area (Å²) < 4.78 is 19.5. The summed E-state index contributed by atoms with van der Waals surface area (Å²) in [6, 6.07) is 2.62. The normalized spacial score (nSPS) is 12.6. The third-order valence-corrected chi connectivity index (χ3v) is 5.46. The molecule has 0 spiro atoms. The van der Waals surface area contributed by atoms with Gasteiger partial charge in [-0.1, -0.05) is 53.1 Å². The van der Waals surface area contributed by atoms with Gasteiger partial charge in [0.25, 0.3) is 0 Å². The van der Waals surface area contributed by atoms with Gasteiger partial charge >= 0.3 is 5.97 Å². The molecule has 1 rings (SSSR count). The van der Waals surface area contributed by atoms with Crippen LogP contribution in [0.5, 0.6) is 0 Å². The highest BCUT2D eigenvalue weighted by Crippen LogP contribution is 2.37. The van der Waals surface area contributed by atoms with Crippen LogP contribution in [0.25, 0.3) is 0 Å². The average Bonchev–Trinajstić information content (AvgIpc) is 2.53. The zero-order valence-corrected chi connectivity index (χ0v) is 17.6. The zero-order valence-electron chi connectivity index (χ0n) is 16.1. The van der Waals surface area contributed by atoms with Crippen molar-refractivity contribution in [2.24, 2.45) is 17.8 Å². The average molecular weight is 404 g/mol. The second-order valence-corrected chi connectivity index (χ2v) is 8.80. The van der Waals surface area contributed by atoms with Gasteiger partial charge in [-0.3, -0.25) is 9.59 Å². The molecule has 0 fully saturated rings. The Hall–Kier alpha value is -1.27. The second-order valence-electron chi connectivity index (χ2n) is 7.21. The molecule has 1 aromatic carbocycles. The Morgan fingerprint density at radius 3 is 2.31 bits per heavy atom. The summed E-state index contributed by atoms with van der Waals surface area (Å²) in [5, 5.41) is 2.26. The summed E-state index contributed by atoms with van der Waals surface area (Å²) in [6.07, 6.45) is 0. The van der Waals surface area contributed by atoms with Crippen LogP contribution in [0, 0.1) is 23.6 Å². The SMILES string of the molecule is CC(C)COC(=O)C(Sc1cc(NC(=O)C(C)C)c(F)cc1Cl)C(C)C. The lowest BCUT2D eigenvalue weighted by molar-refractivity contribution is -0.144. The molecule has 146 valence electrons. The highest BCUT2D eigenvalue weighted by Gasteiger charge is 2.27. The van der Waals surface area contributed by atoms with E-state index >= 15 is 0 Å². The fourth-order valence-electron chi connectivity index (χ4n) is 1.92. The number of hydrogen-bond donors (Lipinski definition) is 1. The number of rotatable bonds is 8. The van der Waals surface area contributed by atoms with Crippen molar-refractivity contribution >= 4 is 40.9 Å². The maximum atomic E-state index is 14.1. The second kappa shape index (κ2) is 10.2. The first kappa shape index (κ1) is 22.8. The molecule has 0 saturated carbocycles. The largest absolute Gasteiger partial charge is 0.465 e. The Kier molecular flexibility index (Phi) is 8.90. The number of benzene rings is 1. The Bertz CT molecular complexity index is 650. The van der Waals surface area contributed by atoms with Gasteiger partial charge in [-0.15, -0.1) is 11.8 Å². The third kappa shape index (κ3) is 6.80. The summed E-state index contributed by atoms with van der Waals surface area (Å²) >= 11 is 7.37. The van der Waals surface area contributed by atoms with E-state index in [4.69, 9.17) is 16.3 Å². The molecule has 0 aliphatic rings. The predicted molar refractivity (Wildman–Crippen MR) is 105 cm³/mol. The molecule has 1 unspecified atom stereocenters. The van der Waals surface area contributed by atoms with Crippen LogP contribution in [0.3, 0.4) is 0 Å². The van der Waals surface area contributed by atoms with Crippen molar-refractivity contribution in [3.05, 3.63) is 23.0 Å². The van der Waals surface area contributed by atoms with Gasteiger partial charge in [0.1, 0.15) is 11.1 Å². The fraction of sp³-hybridized carbons (Fsp3) is 0.579. The van der Waals surface area contributed by atoms with Crippen molar-refractivity contribution < 1.29 is 18.7 Å². The van der Waals surface area contributed by atoms with E-state index in [1.165, 1.54) is 17.8 Å².